The summed E-state index contributed by atoms with van der Waals surface area (Å²) >= 11 is 1.60. The summed E-state index contributed by atoms with van der Waals surface area (Å²) in [5.74, 6) is 0. The highest BCUT2D eigenvalue weighted by atomic mass is 32.1. The number of pyridine rings is 1. The molecule has 94 valence electrons. The van der Waals surface area contributed by atoms with Gasteiger partial charge in [-0.05, 0) is 25.5 Å². The highest BCUT2D eigenvalue weighted by molar-refractivity contribution is 7.17. The third kappa shape index (κ3) is 1.97. The maximum atomic E-state index is 12.9. The predicted molar refractivity (Wildman–Crippen MR) is 77.5 cm³/mol. The van der Waals surface area contributed by atoms with Crippen LogP contribution in [-0.2, 0) is 0 Å². The fourth-order valence-electron chi connectivity index (χ4n) is 2.09. The first-order valence-electron chi connectivity index (χ1n) is 5.66. The minimum absolute atomic E-state index is 0.481. The van der Waals surface area contributed by atoms with E-state index in [-0.39, 0.29) is 0 Å². The van der Waals surface area contributed by atoms with Crippen molar-refractivity contribution in [3.05, 3.63) is 27.7 Å². The zero-order valence-corrected chi connectivity index (χ0v) is 11.6. The first-order chi connectivity index (χ1) is 8.60. The summed E-state index contributed by atoms with van der Waals surface area (Å²) in [4.78, 5) is 8.27. The van der Waals surface area contributed by atoms with E-state index in [1.165, 1.54) is 0 Å². The van der Waals surface area contributed by atoms with Crippen LogP contribution in [0.3, 0.4) is 0 Å². The van der Waals surface area contributed by atoms with Crippen LogP contribution in [0, 0.1) is 6.92 Å². The van der Waals surface area contributed by atoms with Gasteiger partial charge in [-0.15, -0.1) is 11.3 Å². The quantitative estimate of drug-likeness (QED) is 0.762. The summed E-state index contributed by atoms with van der Waals surface area (Å²) in [7, 11) is 1.61. The number of thiophene rings is 1. The van der Waals surface area contributed by atoms with Crippen molar-refractivity contribution in [1.29, 1.82) is 0 Å². The second-order valence-electron chi connectivity index (χ2n) is 4.10. The lowest BCUT2D eigenvalue weighted by atomic mass is 10.1. The van der Waals surface area contributed by atoms with Crippen molar-refractivity contribution in [2.24, 2.45) is 4.99 Å². The molecule has 0 saturated heterocycles. The Bertz CT molecular complexity index is 728. The van der Waals surface area contributed by atoms with Crippen LogP contribution in [0.1, 0.15) is 12.6 Å². The predicted octanol–water partition coefficient (Wildman–Crippen LogP) is 2.23. The van der Waals surface area contributed by atoms with Gasteiger partial charge in [-0.3, -0.25) is 9.98 Å². The van der Waals surface area contributed by atoms with E-state index in [1.807, 2.05) is 19.9 Å². The van der Waals surface area contributed by atoms with Crippen molar-refractivity contribution in [3.8, 4) is 0 Å². The third-order valence-electron chi connectivity index (χ3n) is 3.06. The normalized spacial score (nSPS) is 14.1. The van der Waals surface area contributed by atoms with Gasteiger partial charge >= 0.3 is 0 Å². The molecule has 0 fully saturated rings. The molecule has 0 unspecified atom stereocenters. The molecule has 2 aromatic rings. The van der Waals surface area contributed by atoms with E-state index in [9.17, 15) is 4.39 Å². The Kier molecular flexibility index (Phi) is 3.57. The minimum Gasteiger partial charge on any atom is -0.290 e. The van der Waals surface area contributed by atoms with Gasteiger partial charge in [0.05, 0.1) is 16.1 Å². The van der Waals surface area contributed by atoms with Crippen molar-refractivity contribution < 1.29 is 4.39 Å². The number of hydrogen-bond donors (Lipinski definition) is 0. The number of aromatic nitrogens is 1. The van der Waals surface area contributed by atoms with Crippen LogP contribution >= 0.6 is 11.3 Å². The number of aliphatic imine (C=N–C) groups is 1. The van der Waals surface area contributed by atoms with E-state index < -0.39 is 6.67 Å². The first kappa shape index (κ1) is 12.9. The molecule has 0 aliphatic carbocycles. The van der Waals surface area contributed by atoms with Crippen LogP contribution in [-0.4, -0.2) is 24.4 Å². The van der Waals surface area contributed by atoms with E-state index in [4.69, 9.17) is 0 Å². The molecule has 0 aliphatic heterocycles. The van der Waals surface area contributed by atoms with E-state index in [0.29, 0.717) is 5.71 Å². The summed E-state index contributed by atoms with van der Waals surface area (Å²) in [6.45, 7) is 7.38. The molecule has 0 amide bonds. The Hall–Kier alpha value is -1.55. The zero-order valence-electron chi connectivity index (χ0n) is 10.7. The Morgan fingerprint density at radius 1 is 1.56 bits per heavy atom. The summed E-state index contributed by atoms with van der Waals surface area (Å²) in [6.07, 6.45) is 1.78. The zero-order chi connectivity index (χ0) is 13.3. The Balaban J connectivity index is 2.96. The molecule has 18 heavy (non-hydrogen) atoms. The van der Waals surface area contributed by atoms with Crippen molar-refractivity contribution in [2.75, 3.05) is 13.7 Å². The highest BCUT2D eigenvalue weighted by Gasteiger charge is 2.09. The Labute approximate surface area is 109 Å². The number of aryl methyl sites for hydroxylation is 1. The van der Waals surface area contributed by atoms with Gasteiger partial charge in [-0.25, -0.2) is 4.39 Å². The van der Waals surface area contributed by atoms with Gasteiger partial charge in [-0.2, -0.15) is 0 Å². The largest absolute Gasteiger partial charge is 0.290 e. The van der Waals surface area contributed by atoms with E-state index in [0.717, 1.165) is 31.1 Å². The fourth-order valence-corrected chi connectivity index (χ4v) is 3.18. The van der Waals surface area contributed by atoms with Gasteiger partial charge in [0, 0.05) is 28.4 Å². The number of alkyl halides is 1. The molecule has 2 nitrogen and oxygen atoms in total. The molecule has 4 heteroatoms. The number of hydrogen-bond acceptors (Lipinski definition) is 3. The van der Waals surface area contributed by atoms with Crippen LogP contribution < -0.4 is 9.75 Å². The summed E-state index contributed by atoms with van der Waals surface area (Å²) in [6, 6.07) is 1.96. The molecule has 2 aromatic heterocycles. The van der Waals surface area contributed by atoms with Crippen molar-refractivity contribution >= 4 is 39.3 Å². The number of nitrogens with zero attached hydrogens (tertiary/aromatic N) is 2. The maximum Gasteiger partial charge on any atom is 0.131 e. The topological polar surface area (TPSA) is 25.2 Å². The summed E-state index contributed by atoms with van der Waals surface area (Å²) in [5, 5.41) is 2.09. The van der Waals surface area contributed by atoms with Gasteiger partial charge in [0.2, 0.25) is 0 Å². The molecule has 0 spiro atoms. The van der Waals surface area contributed by atoms with Crippen LogP contribution in [0.4, 0.5) is 4.39 Å². The average molecular weight is 262 g/mol. The molecule has 0 saturated carbocycles. The van der Waals surface area contributed by atoms with E-state index in [1.54, 1.807) is 24.6 Å². The van der Waals surface area contributed by atoms with Crippen LogP contribution in [0.25, 0.3) is 22.2 Å². The number of rotatable bonds is 2. The molecular weight excluding hydrogens is 247 g/mol. The van der Waals surface area contributed by atoms with E-state index in [2.05, 4.69) is 16.6 Å². The summed E-state index contributed by atoms with van der Waals surface area (Å²) < 4.78 is 15.0. The number of fused-ring (bicyclic) bond motifs is 1. The smallest absolute Gasteiger partial charge is 0.131 e. The van der Waals surface area contributed by atoms with Gasteiger partial charge < -0.3 is 0 Å². The molecule has 0 N–H and O–H groups in total. The fraction of sp³-hybridized carbons (Fsp3) is 0.286. The molecule has 0 aliphatic rings. The average Bonchev–Trinajstić information content (AvgIpc) is 2.68. The highest BCUT2D eigenvalue weighted by Crippen LogP contribution is 2.16. The Morgan fingerprint density at radius 2 is 2.28 bits per heavy atom. The van der Waals surface area contributed by atoms with Crippen molar-refractivity contribution in [2.45, 2.75) is 13.8 Å². The maximum absolute atomic E-state index is 12.9. The molecule has 2 heterocycles. The lowest BCUT2D eigenvalue weighted by Gasteiger charge is -2.00. The van der Waals surface area contributed by atoms with Gasteiger partial charge in [0.25, 0.3) is 0 Å². The summed E-state index contributed by atoms with van der Waals surface area (Å²) in [5.41, 5.74) is 2.33. The van der Waals surface area contributed by atoms with Gasteiger partial charge in [0.1, 0.15) is 6.67 Å². The monoisotopic (exact) mass is 262 g/mol. The third-order valence-corrected chi connectivity index (χ3v) is 4.23. The van der Waals surface area contributed by atoms with E-state index >= 15 is 0 Å². The SMILES string of the molecule is C=c1sc2c(C)nccc2/c1=C(\C)C(CF)=NC. The molecule has 0 bridgehead atoms. The second kappa shape index (κ2) is 4.98. The van der Waals surface area contributed by atoms with Crippen LogP contribution in [0.5, 0.6) is 0 Å². The minimum atomic E-state index is -0.552. The first-order valence-corrected chi connectivity index (χ1v) is 6.47. The second-order valence-corrected chi connectivity index (χ2v) is 5.21. The molecule has 0 aromatic carbocycles. The number of halogens is 1. The van der Waals surface area contributed by atoms with Crippen molar-refractivity contribution in [3.63, 3.8) is 0 Å². The molecular formula is C14H15FN2S. The molecule has 2 rings (SSSR count). The van der Waals surface area contributed by atoms with Crippen LogP contribution in [0.15, 0.2) is 17.3 Å². The van der Waals surface area contributed by atoms with Crippen molar-refractivity contribution in [1.82, 2.24) is 4.98 Å². The lowest BCUT2D eigenvalue weighted by Crippen LogP contribution is -2.23. The standard InChI is InChI=1S/C14H15FN2S/c1-8(12(7-15)16-4)13-10(3)18-14-9(2)17-6-5-11(13)14/h5-6H,3,7H2,1-2,4H3/b13-8+,16-12?. The van der Waals surface area contributed by atoms with Crippen LogP contribution in [0.2, 0.25) is 0 Å². The van der Waals surface area contributed by atoms with Gasteiger partial charge in [-0.1, -0.05) is 6.58 Å². The van der Waals surface area contributed by atoms with Gasteiger partial charge in [0.15, 0.2) is 0 Å². The molecule has 0 radical (unpaired) electrons. The Morgan fingerprint density at radius 3 is 2.89 bits per heavy atom. The lowest BCUT2D eigenvalue weighted by molar-refractivity contribution is 0.583. The molecule has 0 atom stereocenters.